The molecule has 0 aromatic carbocycles. The molecule has 0 amide bonds. The van der Waals surface area contributed by atoms with Gasteiger partial charge in [-0.3, -0.25) is 19.9 Å². The summed E-state index contributed by atoms with van der Waals surface area (Å²) in [4.78, 5) is 29.4. The van der Waals surface area contributed by atoms with E-state index in [0.717, 1.165) is 35.8 Å². The Morgan fingerprint density at radius 3 is 2.83 bits per heavy atom. The van der Waals surface area contributed by atoms with Gasteiger partial charge in [0.05, 0.1) is 17.2 Å². The lowest BCUT2D eigenvalue weighted by Crippen LogP contribution is -2.16. The number of nitro groups is 1. The van der Waals surface area contributed by atoms with E-state index in [0.29, 0.717) is 6.54 Å². The lowest BCUT2D eigenvalue weighted by atomic mass is 10.4. The molecule has 0 aliphatic rings. The predicted octanol–water partition coefficient (Wildman–Crippen LogP) is 1.68. The summed E-state index contributed by atoms with van der Waals surface area (Å²) in [7, 11) is 3.97. The largest absolute Gasteiger partial charge is 0.464 e. The van der Waals surface area contributed by atoms with Crippen LogP contribution in [-0.2, 0) is 12.3 Å². The van der Waals surface area contributed by atoms with Gasteiger partial charge in [0.2, 0.25) is 5.95 Å². The summed E-state index contributed by atoms with van der Waals surface area (Å²) in [6.45, 7) is 1.34. The second kappa shape index (κ2) is 8.50. The van der Waals surface area contributed by atoms with E-state index < -0.39 is 16.2 Å². The Labute approximate surface area is 142 Å². The van der Waals surface area contributed by atoms with E-state index in [1.54, 1.807) is 11.8 Å². The van der Waals surface area contributed by atoms with Crippen LogP contribution in [0.15, 0.2) is 27.5 Å². The Morgan fingerprint density at radius 1 is 1.42 bits per heavy atom. The molecule has 0 bridgehead atoms. The van der Waals surface area contributed by atoms with Crippen LogP contribution in [0.2, 0.25) is 0 Å². The number of anilines is 1. The molecule has 0 atom stereocenters. The number of nitrogens with zero attached hydrogens (tertiary/aromatic N) is 3. The monoisotopic (exact) mass is 353 g/mol. The first-order valence-electron chi connectivity index (χ1n) is 7.23. The summed E-state index contributed by atoms with van der Waals surface area (Å²) in [5.41, 5.74) is -1.34. The minimum absolute atomic E-state index is 0.220. The summed E-state index contributed by atoms with van der Waals surface area (Å²) in [6.07, 6.45) is 0.948. The highest BCUT2D eigenvalue weighted by atomic mass is 32.2. The second-order valence-electron chi connectivity index (χ2n) is 5.29. The molecule has 24 heavy (non-hydrogen) atoms. The maximum atomic E-state index is 11.4. The molecule has 0 aliphatic heterocycles. The first-order chi connectivity index (χ1) is 11.5. The summed E-state index contributed by atoms with van der Waals surface area (Å²) in [5.74, 6) is 3.58. The zero-order valence-electron chi connectivity index (χ0n) is 13.4. The van der Waals surface area contributed by atoms with Crippen LogP contribution >= 0.6 is 11.8 Å². The van der Waals surface area contributed by atoms with Gasteiger partial charge in [-0.25, -0.2) is 4.98 Å². The average Bonchev–Trinajstić information content (AvgIpc) is 2.93. The van der Waals surface area contributed by atoms with Gasteiger partial charge < -0.3 is 14.6 Å². The van der Waals surface area contributed by atoms with Crippen molar-refractivity contribution in [1.29, 1.82) is 0 Å². The van der Waals surface area contributed by atoms with Gasteiger partial charge in [-0.15, -0.1) is 0 Å². The minimum atomic E-state index is -0.769. The summed E-state index contributed by atoms with van der Waals surface area (Å²) in [5, 5.41) is 13.5. The minimum Gasteiger partial charge on any atom is -0.464 e. The van der Waals surface area contributed by atoms with Gasteiger partial charge in [-0.1, -0.05) is 0 Å². The topological polar surface area (TPSA) is 117 Å². The van der Waals surface area contributed by atoms with Crippen LogP contribution in [0.4, 0.5) is 11.6 Å². The molecule has 0 aliphatic carbocycles. The SMILES string of the molecule is CN(C)Cc1ccc(CSCCNc2ncc([N+](=O)[O-])c(=O)[nH]2)o1. The normalized spacial score (nSPS) is 11.0. The van der Waals surface area contributed by atoms with Crippen molar-refractivity contribution in [3.8, 4) is 0 Å². The van der Waals surface area contributed by atoms with Crippen molar-refractivity contribution in [3.05, 3.63) is 50.3 Å². The molecule has 2 heterocycles. The number of aromatic nitrogens is 2. The van der Waals surface area contributed by atoms with Crippen molar-refractivity contribution in [2.24, 2.45) is 0 Å². The Morgan fingerprint density at radius 2 is 2.17 bits per heavy atom. The molecule has 0 unspecified atom stereocenters. The van der Waals surface area contributed by atoms with Crippen LogP contribution < -0.4 is 10.9 Å². The maximum absolute atomic E-state index is 11.4. The zero-order chi connectivity index (χ0) is 17.5. The number of hydrogen-bond acceptors (Lipinski definition) is 8. The molecule has 2 aromatic rings. The number of hydrogen-bond donors (Lipinski definition) is 2. The Kier molecular flexibility index (Phi) is 6.38. The standard InChI is InChI=1S/C14H19N5O4S/c1-18(2)8-10-3-4-11(23-10)9-24-6-5-15-14-16-7-12(19(21)22)13(20)17-14/h3-4,7H,5-6,8-9H2,1-2H3,(H2,15,16,17,20). The van der Waals surface area contributed by atoms with Gasteiger partial charge in [0.25, 0.3) is 0 Å². The highest BCUT2D eigenvalue weighted by molar-refractivity contribution is 7.98. The van der Waals surface area contributed by atoms with Crippen molar-refractivity contribution in [2.75, 3.05) is 31.7 Å². The molecule has 0 spiro atoms. The quantitative estimate of drug-likeness (QED) is 0.397. The van der Waals surface area contributed by atoms with E-state index in [4.69, 9.17) is 4.42 Å². The van der Waals surface area contributed by atoms with Crippen LogP contribution in [0.3, 0.4) is 0 Å². The molecule has 0 radical (unpaired) electrons. The summed E-state index contributed by atoms with van der Waals surface area (Å²) >= 11 is 1.67. The molecule has 10 heteroatoms. The lowest BCUT2D eigenvalue weighted by molar-refractivity contribution is -0.386. The van der Waals surface area contributed by atoms with Crippen LogP contribution in [0.5, 0.6) is 0 Å². The highest BCUT2D eigenvalue weighted by Crippen LogP contribution is 2.16. The van der Waals surface area contributed by atoms with Gasteiger partial charge in [0.15, 0.2) is 0 Å². The molecule has 9 nitrogen and oxygen atoms in total. The van der Waals surface area contributed by atoms with Crippen LogP contribution in [-0.4, -0.2) is 46.2 Å². The van der Waals surface area contributed by atoms with Crippen molar-refractivity contribution in [1.82, 2.24) is 14.9 Å². The van der Waals surface area contributed by atoms with Crippen LogP contribution in [0, 0.1) is 10.1 Å². The molecule has 0 saturated carbocycles. The maximum Gasteiger partial charge on any atom is 0.352 e. The zero-order valence-corrected chi connectivity index (χ0v) is 14.3. The van der Waals surface area contributed by atoms with Crippen molar-refractivity contribution < 1.29 is 9.34 Å². The number of H-pyrrole nitrogens is 1. The van der Waals surface area contributed by atoms with E-state index in [9.17, 15) is 14.9 Å². The molecule has 130 valence electrons. The second-order valence-corrected chi connectivity index (χ2v) is 6.39. The van der Waals surface area contributed by atoms with Gasteiger partial charge in [-0.2, -0.15) is 11.8 Å². The molecule has 2 rings (SSSR count). The summed E-state index contributed by atoms with van der Waals surface area (Å²) < 4.78 is 5.70. The number of nitrogens with one attached hydrogen (secondary N) is 2. The average molecular weight is 353 g/mol. The number of thioether (sulfide) groups is 1. The lowest BCUT2D eigenvalue weighted by Gasteiger charge is -2.06. The Bertz CT molecular complexity index is 743. The summed E-state index contributed by atoms with van der Waals surface area (Å²) in [6, 6.07) is 3.94. The molecule has 0 fully saturated rings. The first kappa shape index (κ1) is 18.0. The van der Waals surface area contributed by atoms with Crippen LogP contribution in [0.1, 0.15) is 11.5 Å². The van der Waals surface area contributed by atoms with E-state index in [-0.39, 0.29) is 5.95 Å². The number of furan rings is 1. The highest BCUT2D eigenvalue weighted by Gasteiger charge is 2.12. The molecular weight excluding hydrogens is 334 g/mol. The Balaban J connectivity index is 1.71. The molecule has 2 N–H and O–H groups in total. The third kappa shape index (κ3) is 5.39. The molecular formula is C14H19N5O4S. The van der Waals surface area contributed by atoms with Crippen molar-refractivity contribution >= 4 is 23.4 Å². The van der Waals surface area contributed by atoms with Gasteiger partial charge in [0, 0.05) is 12.3 Å². The smallest absolute Gasteiger partial charge is 0.352 e. The third-order valence-corrected chi connectivity index (χ3v) is 3.93. The van der Waals surface area contributed by atoms with Gasteiger partial charge in [-0.05, 0) is 26.2 Å². The predicted molar refractivity (Wildman–Crippen MR) is 92.3 cm³/mol. The number of aromatic amines is 1. The fraction of sp³-hybridized carbons (Fsp3) is 0.429. The Hall–Kier alpha value is -2.33. The van der Waals surface area contributed by atoms with Crippen molar-refractivity contribution in [3.63, 3.8) is 0 Å². The first-order valence-corrected chi connectivity index (χ1v) is 8.39. The van der Waals surface area contributed by atoms with Crippen LogP contribution in [0.25, 0.3) is 0 Å². The molecule has 2 aromatic heterocycles. The van der Waals surface area contributed by atoms with Gasteiger partial charge in [0.1, 0.15) is 17.7 Å². The van der Waals surface area contributed by atoms with E-state index in [2.05, 4.69) is 15.3 Å². The van der Waals surface area contributed by atoms with E-state index in [1.807, 2.05) is 31.1 Å². The fourth-order valence-electron chi connectivity index (χ4n) is 1.92. The number of rotatable bonds is 9. The van der Waals surface area contributed by atoms with Gasteiger partial charge >= 0.3 is 11.2 Å². The third-order valence-electron chi connectivity index (χ3n) is 2.95. The van der Waals surface area contributed by atoms with E-state index >= 15 is 0 Å². The molecule has 0 saturated heterocycles. The van der Waals surface area contributed by atoms with E-state index in [1.165, 1.54) is 0 Å². The van der Waals surface area contributed by atoms with Crippen molar-refractivity contribution in [2.45, 2.75) is 12.3 Å². The fourth-order valence-corrected chi connectivity index (χ4v) is 2.67.